The Morgan fingerprint density at radius 2 is 2.38 bits per heavy atom. The van der Waals surface area contributed by atoms with E-state index in [-0.39, 0.29) is 12.4 Å². The largest absolute Gasteiger partial charge is 0.461 e. The van der Waals surface area contributed by atoms with Gasteiger partial charge >= 0.3 is 0 Å². The predicted molar refractivity (Wildman–Crippen MR) is 59.5 cm³/mol. The topological polar surface area (TPSA) is 64.1 Å². The van der Waals surface area contributed by atoms with Crippen LogP contribution in [0.5, 0.6) is 0 Å². The first-order valence-corrected chi connectivity index (χ1v) is 5.01. The van der Waals surface area contributed by atoms with Crippen LogP contribution in [0.4, 0.5) is 0 Å². The third kappa shape index (κ3) is 1.96. The van der Waals surface area contributed by atoms with E-state index < -0.39 is 0 Å². The summed E-state index contributed by atoms with van der Waals surface area (Å²) in [7, 11) is 0. The zero-order chi connectivity index (χ0) is 10.1. The Kier molecular flexibility index (Phi) is 3.26. The molecule has 0 saturated carbocycles. The molecule has 1 atom stereocenters. The van der Waals surface area contributed by atoms with E-state index in [4.69, 9.17) is 8.94 Å². The average Bonchev–Trinajstić information content (AvgIpc) is 3.02. The molecular formula is C10H12ClN3O2. The van der Waals surface area contributed by atoms with Crippen LogP contribution in [-0.2, 0) is 0 Å². The minimum Gasteiger partial charge on any atom is -0.461 e. The minimum atomic E-state index is 0. The summed E-state index contributed by atoms with van der Waals surface area (Å²) in [5.41, 5.74) is 0. The lowest BCUT2D eigenvalue weighted by atomic mass is 10.1. The van der Waals surface area contributed by atoms with Crippen molar-refractivity contribution in [3.05, 3.63) is 24.3 Å². The van der Waals surface area contributed by atoms with E-state index in [2.05, 4.69) is 15.5 Å². The van der Waals surface area contributed by atoms with Gasteiger partial charge in [-0.15, -0.1) is 12.4 Å². The lowest BCUT2D eigenvalue weighted by Crippen LogP contribution is -2.08. The van der Waals surface area contributed by atoms with Crippen LogP contribution in [0.3, 0.4) is 0 Å². The summed E-state index contributed by atoms with van der Waals surface area (Å²) in [4.78, 5) is 4.32. The summed E-state index contributed by atoms with van der Waals surface area (Å²) in [5.74, 6) is 2.23. The highest BCUT2D eigenvalue weighted by molar-refractivity contribution is 5.85. The molecule has 3 heterocycles. The molecule has 5 nitrogen and oxygen atoms in total. The van der Waals surface area contributed by atoms with Crippen molar-refractivity contribution in [2.45, 2.75) is 12.3 Å². The van der Waals surface area contributed by atoms with Crippen molar-refractivity contribution >= 4 is 12.4 Å². The smallest absolute Gasteiger partial charge is 0.238 e. The van der Waals surface area contributed by atoms with Crippen LogP contribution in [0.2, 0.25) is 0 Å². The molecule has 1 fully saturated rings. The second kappa shape index (κ2) is 4.67. The third-order valence-electron chi connectivity index (χ3n) is 2.59. The predicted octanol–water partition coefficient (Wildman–Crippen LogP) is 1.83. The highest BCUT2D eigenvalue weighted by Gasteiger charge is 2.23. The van der Waals surface area contributed by atoms with E-state index in [1.54, 1.807) is 6.26 Å². The number of nitrogens with zero attached hydrogens (tertiary/aromatic N) is 2. The molecule has 0 amide bonds. The molecule has 1 N–H and O–H groups in total. The van der Waals surface area contributed by atoms with Crippen LogP contribution in [0.25, 0.3) is 11.6 Å². The van der Waals surface area contributed by atoms with Crippen LogP contribution in [-0.4, -0.2) is 23.2 Å². The number of halogens is 1. The Bertz CT molecular complexity index is 435. The first-order chi connectivity index (χ1) is 7.43. The van der Waals surface area contributed by atoms with Gasteiger partial charge in [-0.2, -0.15) is 4.98 Å². The standard InChI is InChI=1S/C10H11N3O2.ClH/c1-2-8(14-5-1)9-12-10(15-13-9)7-3-4-11-6-7;/h1-2,5,7,11H,3-4,6H2;1H. The molecule has 1 saturated heterocycles. The van der Waals surface area contributed by atoms with Gasteiger partial charge < -0.3 is 14.3 Å². The molecule has 86 valence electrons. The summed E-state index contributed by atoms with van der Waals surface area (Å²) >= 11 is 0. The lowest BCUT2D eigenvalue weighted by molar-refractivity contribution is 0.358. The molecule has 2 aromatic rings. The zero-order valence-corrected chi connectivity index (χ0v) is 9.37. The maximum absolute atomic E-state index is 5.21. The first-order valence-electron chi connectivity index (χ1n) is 5.01. The van der Waals surface area contributed by atoms with Crippen LogP contribution in [0.1, 0.15) is 18.2 Å². The number of furan rings is 1. The molecule has 1 unspecified atom stereocenters. The minimum absolute atomic E-state index is 0. The summed E-state index contributed by atoms with van der Waals surface area (Å²) < 4.78 is 10.4. The Hall–Kier alpha value is -1.33. The van der Waals surface area contributed by atoms with Crippen molar-refractivity contribution in [2.24, 2.45) is 0 Å². The highest BCUT2D eigenvalue weighted by Crippen LogP contribution is 2.23. The molecule has 0 radical (unpaired) electrons. The Labute approximate surface area is 98.6 Å². The van der Waals surface area contributed by atoms with Crippen molar-refractivity contribution in [2.75, 3.05) is 13.1 Å². The zero-order valence-electron chi connectivity index (χ0n) is 8.55. The van der Waals surface area contributed by atoms with Gasteiger partial charge in [0.1, 0.15) is 0 Å². The summed E-state index contributed by atoms with van der Waals surface area (Å²) in [5, 5.41) is 7.16. The summed E-state index contributed by atoms with van der Waals surface area (Å²) in [6, 6.07) is 3.63. The van der Waals surface area contributed by atoms with Crippen LogP contribution >= 0.6 is 12.4 Å². The second-order valence-corrected chi connectivity index (χ2v) is 3.62. The lowest BCUT2D eigenvalue weighted by Gasteiger charge is -1.98. The van der Waals surface area contributed by atoms with Crippen molar-refractivity contribution in [1.82, 2.24) is 15.5 Å². The van der Waals surface area contributed by atoms with Gasteiger partial charge in [0, 0.05) is 6.54 Å². The van der Waals surface area contributed by atoms with E-state index in [9.17, 15) is 0 Å². The molecular weight excluding hydrogens is 230 g/mol. The second-order valence-electron chi connectivity index (χ2n) is 3.62. The molecule has 2 aromatic heterocycles. The monoisotopic (exact) mass is 241 g/mol. The molecule has 1 aliphatic heterocycles. The van der Waals surface area contributed by atoms with Gasteiger partial charge in [-0.25, -0.2) is 0 Å². The Morgan fingerprint density at radius 3 is 3.06 bits per heavy atom. The number of rotatable bonds is 2. The fourth-order valence-electron chi connectivity index (χ4n) is 1.77. The molecule has 3 rings (SSSR count). The summed E-state index contributed by atoms with van der Waals surface area (Å²) in [6.45, 7) is 1.93. The number of aromatic nitrogens is 2. The van der Waals surface area contributed by atoms with E-state index in [0.29, 0.717) is 23.4 Å². The Balaban J connectivity index is 0.000000963. The van der Waals surface area contributed by atoms with Gasteiger partial charge in [0.05, 0.1) is 12.2 Å². The van der Waals surface area contributed by atoms with Gasteiger partial charge in [-0.3, -0.25) is 0 Å². The van der Waals surface area contributed by atoms with E-state index >= 15 is 0 Å². The van der Waals surface area contributed by atoms with E-state index in [0.717, 1.165) is 19.5 Å². The van der Waals surface area contributed by atoms with Crippen LogP contribution < -0.4 is 5.32 Å². The summed E-state index contributed by atoms with van der Waals surface area (Å²) in [6.07, 6.45) is 2.66. The van der Waals surface area contributed by atoms with Crippen LogP contribution in [0, 0.1) is 0 Å². The number of nitrogens with one attached hydrogen (secondary N) is 1. The van der Waals surface area contributed by atoms with Gasteiger partial charge in [-0.05, 0) is 25.1 Å². The Morgan fingerprint density at radius 1 is 1.44 bits per heavy atom. The van der Waals surface area contributed by atoms with E-state index in [1.807, 2.05) is 12.1 Å². The number of hydrogen-bond donors (Lipinski definition) is 1. The quantitative estimate of drug-likeness (QED) is 0.869. The van der Waals surface area contributed by atoms with Crippen molar-refractivity contribution in [1.29, 1.82) is 0 Å². The molecule has 16 heavy (non-hydrogen) atoms. The van der Waals surface area contributed by atoms with Crippen molar-refractivity contribution < 1.29 is 8.94 Å². The maximum Gasteiger partial charge on any atom is 0.238 e. The number of hydrogen-bond acceptors (Lipinski definition) is 5. The van der Waals surface area contributed by atoms with E-state index in [1.165, 1.54) is 0 Å². The first kappa shape index (κ1) is 11.2. The molecule has 1 aliphatic rings. The molecule has 6 heteroatoms. The molecule has 0 spiro atoms. The van der Waals surface area contributed by atoms with Crippen molar-refractivity contribution in [3.8, 4) is 11.6 Å². The maximum atomic E-state index is 5.21. The molecule has 0 aromatic carbocycles. The van der Waals surface area contributed by atoms with Gasteiger partial charge in [0.2, 0.25) is 11.7 Å². The average molecular weight is 242 g/mol. The SMILES string of the molecule is Cl.c1coc(-c2noc(C3CCNC3)n2)c1. The normalized spacial score (nSPS) is 19.6. The van der Waals surface area contributed by atoms with Gasteiger partial charge in [0.25, 0.3) is 0 Å². The van der Waals surface area contributed by atoms with Crippen LogP contribution in [0.15, 0.2) is 27.3 Å². The molecule has 0 aliphatic carbocycles. The highest BCUT2D eigenvalue weighted by atomic mass is 35.5. The fourth-order valence-corrected chi connectivity index (χ4v) is 1.77. The van der Waals surface area contributed by atoms with Crippen molar-refractivity contribution in [3.63, 3.8) is 0 Å². The van der Waals surface area contributed by atoms with Gasteiger partial charge in [-0.1, -0.05) is 5.16 Å². The fraction of sp³-hybridized carbons (Fsp3) is 0.400. The molecule has 0 bridgehead atoms. The third-order valence-corrected chi connectivity index (χ3v) is 2.59. The van der Waals surface area contributed by atoms with Gasteiger partial charge in [0.15, 0.2) is 5.76 Å².